The summed E-state index contributed by atoms with van der Waals surface area (Å²) in [5.74, 6) is -0.289. The van der Waals surface area contributed by atoms with Crippen molar-refractivity contribution in [1.82, 2.24) is 14.7 Å². The molecule has 9 heteroatoms. The summed E-state index contributed by atoms with van der Waals surface area (Å²) in [6.45, 7) is 2.07. The van der Waals surface area contributed by atoms with E-state index in [9.17, 15) is 13.2 Å². The van der Waals surface area contributed by atoms with E-state index in [-0.39, 0.29) is 5.91 Å². The van der Waals surface area contributed by atoms with Crippen molar-refractivity contribution >= 4 is 37.9 Å². The van der Waals surface area contributed by atoms with E-state index in [4.69, 9.17) is 0 Å². The second kappa shape index (κ2) is 6.25. The largest absolute Gasteiger partial charge is 0.346 e. The van der Waals surface area contributed by atoms with Gasteiger partial charge in [0.2, 0.25) is 10.0 Å². The lowest BCUT2D eigenvalue weighted by Gasteiger charge is -2.10. The third kappa shape index (κ3) is 3.74. The summed E-state index contributed by atoms with van der Waals surface area (Å²) in [6.07, 6.45) is 4.84. The third-order valence-electron chi connectivity index (χ3n) is 3.37. The first-order valence-corrected chi connectivity index (χ1v) is 9.87. The number of anilines is 1. The number of benzene rings is 1. The van der Waals surface area contributed by atoms with Gasteiger partial charge in [-0.25, -0.2) is 13.4 Å². The highest BCUT2D eigenvalue weighted by molar-refractivity contribution is 7.92. The van der Waals surface area contributed by atoms with E-state index < -0.39 is 10.0 Å². The van der Waals surface area contributed by atoms with E-state index >= 15 is 0 Å². The summed E-state index contributed by atoms with van der Waals surface area (Å²) in [7, 11) is -3.40. The molecule has 1 amide bonds. The maximum absolute atomic E-state index is 12.3. The van der Waals surface area contributed by atoms with E-state index in [1.807, 2.05) is 22.2 Å². The molecular weight excluding hydrogens is 348 g/mol. The molecule has 1 aromatic carbocycles. The molecular formula is C15H16N4O3S2. The quantitative estimate of drug-likeness (QED) is 0.724. The van der Waals surface area contributed by atoms with E-state index in [1.165, 1.54) is 17.4 Å². The summed E-state index contributed by atoms with van der Waals surface area (Å²) in [5.41, 5.74) is 2.28. The molecule has 7 nitrogen and oxygen atoms in total. The number of hydrogen-bond acceptors (Lipinski definition) is 5. The molecule has 3 aromatic rings. The van der Waals surface area contributed by atoms with Gasteiger partial charge >= 0.3 is 0 Å². The summed E-state index contributed by atoms with van der Waals surface area (Å²) in [4.78, 5) is 17.5. The van der Waals surface area contributed by atoms with Crippen LogP contribution in [0.5, 0.6) is 0 Å². The standard InChI is InChI=1S/C15H16N4O3S2/c1-10-3-4-11(7-13(10)18-24(2,21)22)14(20)16-8-12-9-19-5-6-23-15(19)17-12/h3-7,9,18H,8H2,1-2H3,(H,16,20). The lowest BCUT2D eigenvalue weighted by molar-refractivity contribution is 0.0950. The SMILES string of the molecule is Cc1ccc(C(=O)NCc2cn3ccsc3n2)cc1NS(C)(=O)=O. The van der Waals surface area contributed by atoms with Crippen LogP contribution in [0.1, 0.15) is 21.6 Å². The maximum Gasteiger partial charge on any atom is 0.251 e. The second-order valence-electron chi connectivity index (χ2n) is 5.41. The first-order chi connectivity index (χ1) is 11.3. The molecule has 2 N–H and O–H groups in total. The predicted octanol–water partition coefficient (Wildman–Crippen LogP) is 2.01. The Morgan fingerprint density at radius 2 is 2.17 bits per heavy atom. The van der Waals surface area contributed by atoms with E-state index in [0.29, 0.717) is 17.8 Å². The average molecular weight is 364 g/mol. The normalized spacial score (nSPS) is 11.6. The number of thiazole rings is 1. The van der Waals surface area contributed by atoms with Gasteiger partial charge in [-0.05, 0) is 24.6 Å². The predicted molar refractivity (Wildman–Crippen MR) is 93.9 cm³/mol. The van der Waals surface area contributed by atoms with Gasteiger partial charge in [-0.2, -0.15) is 0 Å². The molecule has 0 spiro atoms. The van der Waals surface area contributed by atoms with Crippen molar-refractivity contribution in [3.8, 4) is 0 Å². The molecule has 0 aliphatic rings. The first-order valence-electron chi connectivity index (χ1n) is 7.09. The number of imidazole rings is 1. The van der Waals surface area contributed by atoms with Crippen LogP contribution in [0.3, 0.4) is 0 Å². The molecule has 24 heavy (non-hydrogen) atoms. The minimum absolute atomic E-state index is 0.289. The van der Waals surface area contributed by atoms with Crippen molar-refractivity contribution in [2.45, 2.75) is 13.5 Å². The number of carbonyl (C=O) groups is 1. The van der Waals surface area contributed by atoms with Crippen molar-refractivity contribution in [2.75, 3.05) is 11.0 Å². The van der Waals surface area contributed by atoms with Gasteiger partial charge in [0.25, 0.3) is 5.91 Å². The Bertz CT molecular complexity index is 976. The smallest absolute Gasteiger partial charge is 0.251 e. The lowest BCUT2D eigenvalue weighted by atomic mass is 10.1. The van der Waals surface area contributed by atoms with Gasteiger partial charge in [-0.15, -0.1) is 11.3 Å². The number of nitrogens with zero attached hydrogens (tertiary/aromatic N) is 2. The van der Waals surface area contributed by atoms with Crippen molar-refractivity contribution in [3.05, 3.63) is 52.8 Å². The number of fused-ring (bicyclic) bond motifs is 1. The molecule has 126 valence electrons. The summed E-state index contributed by atoms with van der Waals surface area (Å²) in [5, 5.41) is 4.73. The molecule has 3 rings (SSSR count). The van der Waals surface area contributed by atoms with Crippen molar-refractivity contribution in [2.24, 2.45) is 0 Å². The molecule has 0 fully saturated rings. The number of amides is 1. The Kier molecular flexibility index (Phi) is 4.29. The minimum Gasteiger partial charge on any atom is -0.346 e. The molecule has 2 aromatic heterocycles. The number of carbonyl (C=O) groups excluding carboxylic acids is 1. The Hall–Kier alpha value is -2.39. The van der Waals surface area contributed by atoms with Gasteiger partial charge in [-0.1, -0.05) is 6.07 Å². The molecule has 0 unspecified atom stereocenters. The summed E-state index contributed by atoms with van der Waals surface area (Å²) >= 11 is 1.52. The number of hydrogen-bond donors (Lipinski definition) is 2. The molecule has 0 saturated heterocycles. The average Bonchev–Trinajstić information content (AvgIpc) is 3.06. The van der Waals surface area contributed by atoms with E-state index in [2.05, 4.69) is 15.0 Å². The Morgan fingerprint density at radius 1 is 1.38 bits per heavy atom. The van der Waals surface area contributed by atoms with Crippen molar-refractivity contribution in [1.29, 1.82) is 0 Å². The fourth-order valence-electron chi connectivity index (χ4n) is 2.21. The fourth-order valence-corrected chi connectivity index (χ4v) is 3.55. The zero-order valence-electron chi connectivity index (χ0n) is 13.1. The number of aromatic nitrogens is 2. The summed E-state index contributed by atoms with van der Waals surface area (Å²) in [6, 6.07) is 4.89. The zero-order chi connectivity index (χ0) is 17.3. The van der Waals surface area contributed by atoms with Crippen LogP contribution in [-0.4, -0.2) is 30.0 Å². The fraction of sp³-hybridized carbons (Fsp3) is 0.200. The highest BCUT2D eigenvalue weighted by atomic mass is 32.2. The summed E-state index contributed by atoms with van der Waals surface area (Å²) < 4.78 is 27.1. The van der Waals surface area contributed by atoms with Crippen LogP contribution in [0.4, 0.5) is 5.69 Å². The highest BCUT2D eigenvalue weighted by Crippen LogP contribution is 2.18. The van der Waals surface area contributed by atoms with Crippen LogP contribution in [0.2, 0.25) is 0 Å². The van der Waals surface area contributed by atoms with Gasteiger partial charge in [-0.3, -0.25) is 13.9 Å². The van der Waals surface area contributed by atoms with Crippen LogP contribution in [0.25, 0.3) is 4.96 Å². The van der Waals surface area contributed by atoms with Gasteiger partial charge in [0.05, 0.1) is 24.2 Å². The number of aryl methyl sites for hydroxylation is 1. The monoisotopic (exact) mass is 364 g/mol. The maximum atomic E-state index is 12.3. The van der Waals surface area contributed by atoms with Crippen molar-refractivity contribution < 1.29 is 13.2 Å². The number of rotatable bonds is 5. The van der Waals surface area contributed by atoms with Gasteiger partial charge in [0.15, 0.2) is 4.96 Å². The Morgan fingerprint density at radius 3 is 2.88 bits per heavy atom. The van der Waals surface area contributed by atoms with Gasteiger partial charge in [0.1, 0.15) is 0 Å². The molecule has 0 aliphatic heterocycles. The van der Waals surface area contributed by atoms with Crippen LogP contribution in [-0.2, 0) is 16.6 Å². The molecule has 0 aliphatic carbocycles. The first kappa shape index (κ1) is 16.5. The molecule has 2 heterocycles. The molecule has 0 bridgehead atoms. The number of nitrogens with one attached hydrogen (secondary N) is 2. The molecule has 0 saturated carbocycles. The van der Waals surface area contributed by atoms with Crippen LogP contribution in [0.15, 0.2) is 36.0 Å². The van der Waals surface area contributed by atoms with Gasteiger partial charge in [0, 0.05) is 23.3 Å². The van der Waals surface area contributed by atoms with Crippen LogP contribution < -0.4 is 10.0 Å². The topological polar surface area (TPSA) is 92.6 Å². The van der Waals surface area contributed by atoms with E-state index in [1.54, 1.807) is 19.1 Å². The lowest BCUT2D eigenvalue weighted by Crippen LogP contribution is -2.23. The highest BCUT2D eigenvalue weighted by Gasteiger charge is 2.11. The van der Waals surface area contributed by atoms with E-state index in [0.717, 1.165) is 22.5 Å². The minimum atomic E-state index is -3.40. The molecule has 0 atom stereocenters. The Labute approximate surface area is 143 Å². The van der Waals surface area contributed by atoms with Crippen LogP contribution in [0, 0.1) is 6.92 Å². The number of sulfonamides is 1. The second-order valence-corrected chi connectivity index (χ2v) is 8.03. The zero-order valence-corrected chi connectivity index (χ0v) is 14.7. The van der Waals surface area contributed by atoms with Crippen molar-refractivity contribution in [3.63, 3.8) is 0 Å². The molecule has 0 radical (unpaired) electrons. The van der Waals surface area contributed by atoms with Crippen LogP contribution >= 0.6 is 11.3 Å². The Balaban J connectivity index is 1.72. The van der Waals surface area contributed by atoms with Gasteiger partial charge < -0.3 is 5.32 Å². The third-order valence-corrected chi connectivity index (χ3v) is 4.73.